The molecule has 0 bridgehead atoms. The Hall–Kier alpha value is -0.910. The van der Waals surface area contributed by atoms with Crippen molar-refractivity contribution in [2.75, 3.05) is 26.7 Å². The summed E-state index contributed by atoms with van der Waals surface area (Å²) in [6, 6.07) is 0.710. The number of nitrogens with zero attached hydrogens (tertiary/aromatic N) is 3. The lowest BCUT2D eigenvalue weighted by molar-refractivity contribution is -0.0566. The number of hydrogen-bond donors (Lipinski definition) is 1. The average Bonchev–Trinajstić information content (AvgIpc) is 2.77. The average molecular weight is 252 g/mol. The minimum absolute atomic E-state index is 0.145. The van der Waals surface area contributed by atoms with Crippen molar-refractivity contribution in [3.05, 3.63) is 18.2 Å². The molecule has 1 aromatic heterocycles. The van der Waals surface area contributed by atoms with Crippen molar-refractivity contribution in [1.82, 2.24) is 19.8 Å². The van der Waals surface area contributed by atoms with Crippen LogP contribution in [0, 0.1) is 0 Å². The molecule has 2 atom stereocenters. The third-order valence-electron chi connectivity index (χ3n) is 3.67. The highest BCUT2D eigenvalue weighted by Gasteiger charge is 2.31. The van der Waals surface area contributed by atoms with Crippen LogP contribution >= 0.6 is 0 Å². The van der Waals surface area contributed by atoms with Gasteiger partial charge in [-0.2, -0.15) is 0 Å². The van der Waals surface area contributed by atoms with E-state index < -0.39 is 0 Å². The summed E-state index contributed by atoms with van der Waals surface area (Å²) in [6.07, 6.45) is 3.97. The van der Waals surface area contributed by atoms with Crippen molar-refractivity contribution < 1.29 is 4.74 Å². The molecule has 1 aromatic rings. The molecule has 0 saturated carbocycles. The van der Waals surface area contributed by atoms with E-state index in [1.165, 1.54) is 0 Å². The fraction of sp³-hybridized carbons (Fsp3) is 0.769. The van der Waals surface area contributed by atoms with E-state index in [9.17, 15) is 0 Å². The van der Waals surface area contributed by atoms with E-state index in [-0.39, 0.29) is 12.1 Å². The number of morpholine rings is 1. The zero-order valence-electron chi connectivity index (χ0n) is 11.8. The number of imidazole rings is 1. The van der Waals surface area contributed by atoms with Crippen LogP contribution in [0.3, 0.4) is 0 Å². The highest BCUT2D eigenvalue weighted by atomic mass is 16.5. The molecule has 2 rings (SSSR count). The Morgan fingerprint density at radius 1 is 1.50 bits per heavy atom. The van der Waals surface area contributed by atoms with Crippen LogP contribution < -0.4 is 5.32 Å². The van der Waals surface area contributed by atoms with Crippen LogP contribution in [0.25, 0.3) is 0 Å². The van der Waals surface area contributed by atoms with Crippen molar-refractivity contribution in [3.63, 3.8) is 0 Å². The number of rotatable bonds is 4. The number of hydrogen-bond acceptors (Lipinski definition) is 4. The normalized spacial score (nSPS) is 23.5. The van der Waals surface area contributed by atoms with Gasteiger partial charge in [-0.3, -0.25) is 4.90 Å². The first-order chi connectivity index (χ1) is 8.63. The van der Waals surface area contributed by atoms with Gasteiger partial charge in [-0.1, -0.05) is 0 Å². The lowest BCUT2D eigenvalue weighted by Gasteiger charge is -2.38. The van der Waals surface area contributed by atoms with Crippen LogP contribution in [0.4, 0.5) is 0 Å². The lowest BCUT2D eigenvalue weighted by Crippen LogP contribution is -2.50. The van der Waals surface area contributed by atoms with Gasteiger partial charge in [-0.25, -0.2) is 4.98 Å². The van der Waals surface area contributed by atoms with Gasteiger partial charge in [0.1, 0.15) is 5.82 Å². The fourth-order valence-corrected chi connectivity index (χ4v) is 2.53. The van der Waals surface area contributed by atoms with Gasteiger partial charge in [0.05, 0.1) is 18.8 Å². The van der Waals surface area contributed by atoms with Gasteiger partial charge in [0.2, 0.25) is 0 Å². The predicted octanol–water partition coefficient (Wildman–Crippen LogP) is 0.790. The van der Waals surface area contributed by atoms with Gasteiger partial charge in [0.15, 0.2) is 0 Å². The quantitative estimate of drug-likeness (QED) is 0.860. The summed E-state index contributed by atoms with van der Waals surface area (Å²) in [4.78, 5) is 6.89. The van der Waals surface area contributed by atoms with Crippen molar-refractivity contribution in [2.45, 2.75) is 32.0 Å². The van der Waals surface area contributed by atoms with Crippen LogP contribution in [0.2, 0.25) is 0 Å². The maximum Gasteiger partial charge on any atom is 0.128 e. The molecule has 1 N–H and O–H groups in total. The fourth-order valence-electron chi connectivity index (χ4n) is 2.53. The Balaban J connectivity index is 2.11. The molecule has 1 aliphatic rings. The maximum absolute atomic E-state index is 5.93. The van der Waals surface area contributed by atoms with Gasteiger partial charge in [-0.05, 0) is 20.9 Å². The molecule has 2 heterocycles. The highest BCUT2D eigenvalue weighted by molar-refractivity contribution is 5.02. The predicted molar refractivity (Wildman–Crippen MR) is 71.5 cm³/mol. The smallest absolute Gasteiger partial charge is 0.128 e. The van der Waals surface area contributed by atoms with Crippen molar-refractivity contribution >= 4 is 0 Å². The van der Waals surface area contributed by atoms with E-state index in [4.69, 9.17) is 4.74 Å². The third-order valence-corrected chi connectivity index (χ3v) is 3.67. The third kappa shape index (κ3) is 2.74. The molecule has 0 amide bonds. The zero-order valence-corrected chi connectivity index (χ0v) is 11.8. The second-order valence-corrected chi connectivity index (χ2v) is 5.16. The maximum atomic E-state index is 5.93. The van der Waals surface area contributed by atoms with Crippen LogP contribution in [0.1, 0.15) is 25.7 Å². The molecule has 1 aliphatic heterocycles. The Labute approximate surface area is 109 Å². The van der Waals surface area contributed by atoms with Gasteiger partial charge in [-0.15, -0.1) is 0 Å². The highest BCUT2D eigenvalue weighted by Crippen LogP contribution is 2.21. The van der Waals surface area contributed by atoms with E-state index in [0.29, 0.717) is 6.04 Å². The summed E-state index contributed by atoms with van der Waals surface area (Å²) in [5, 5.41) is 3.34. The van der Waals surface area contributed by atoms with E-state index in [2.05, 4.69) is 33.6 Å². The zero-order chi connectivity index (χ0) is 13.1. The molecular weight excluding hydrogens is 228 g/mol. The number of aryl methyl sites for hydroxylation is 1. The molecule has 18 heavy (non-hydrogen) atoms. The van der Waals surface area contributed by atoms with Gasteiger partial charge in [0.25, 0.3) is 0 Å². The number of likely N-dealkylation sites (N-methyl/N-ethyl adjacent to an activating group) is 1. The molecule has 5 nitrogen and oxygen atoms in total. The molecular formula is C13H24N4O. The summed E-state index contributed by atoms with van der Waals surface area (Å²) >= 11 is 0. The molecule has 2 unspecified atom stereocenters. The molecule has 0 aromatic carbocycles. The molecule has 0 spiro atoms. The number of aromatic nitrogens is 2. The molecule has 5 heteroatoms. The Morgan fingerprint density at radius 2 is 2.28 bits per heavy atom. The van der Waals surface area contributed by atoms with Crippen LogP contribution in [-0.4, -0.2) is 53.3 Å². The molecule has 1 saturated heterocycles. The lowest BCUT2D eigenvalue weighted by atomic mass is 10.1. The van der Waals surface area contributed by atoms with Crippen molar-refractivity contribution in [1.29, 1.82) is 0 Å². The molecule has 0 aliphatic carbocycles. The standard InChI is InChI=1S/C13H24N4O/c1-10(2)17-7-8-18-11(9-17)12(14-3)13-15-5-6-16(13)4/h5-6,10-12,14H,7-9H2,1-4H3. The monoisotopic (exact) mass is 252 g/mol. The number of nitrogens with one attached hydrogen (secondary N) is 1. The van der Waals surface area contributed by atoms with E-state index in [0.717, 1.165) is 25.5 Å². The second-order valence-electron chi connectivity index (χ2n) is 5.16. The molecule has 102 valence electrons. The van der Waals surface area contributed by atoms with Gasteiger partial charge >= 0.3 is 0 Å². The summed E-state index contributed by atoms with van der Waals surface area (Å²) in [6.45, 7) is 7.24. The first-order valence-corrected chi connectivity index (χ1v) is 6.63. The first kappa shape index (κ1) is 13.5. The van der Waals surface area contributed by atoms with Gasteiger partial charge < -0.3 is 14.6 Å². The van der Waals surface area contributed by atoms with Crippen molar-refractivity contribution in [3.8, 4) is 0 Å². The summed E-state index contributed by atoms with van der Waals surface area (Å²) in [7, 11) is 3.99. The van der Waals surface area contributed by atoms with E-state index in [1.807, 2.05) is 26.5 Å². The summed E-state index contributed by atoms with van der Waals surface area (Å²) in [5.41, 5.74) is 0. The van der Waals surface area contributed by atoms with Crippen molar-refractivity contribution in [2.24, 2.45) is 7.05 Å². The Bertz CT molecular complexity index is 377. The van der Waals surface area contributed by atoms with Crippen LogP contribution in [0.15, 0.2) is 12.4 Å². The van der Waals surface area contributed by atoms with Crippen LogP contribution in [-0.2, 0) is 11.8 Å². The largest absolute Gasteiger partial charge is 0.373 e. The number of ether oxygens (including phenoxy) is 1. The summed E-state index contributed by atoms with van der Waals surface area (Å²) < 4.78 is 7.99. The second kappa shape index (κ2) is 5.82. The topological polar surface area (TPSA) is 42.3 Å². The van der Waals surface area contributed by atoms with Crippen LogP contribution in [0.5, 0.6) is 0 Å². The Kier molecular flexibility index (Phi) is 4.37. The SMILES string of the molecule is CNC(c1nccn1C)C1CN(C(C)C)CCO1. The van der Waals surface area contributed by atoms with E-state index >= 15 is 0 Å². The van der Waals surface area contributed by atoms with Gasteiger partial charge in [0, 0.05) is 38.6 Å². The summed E-state index contributed by atoms with van der Waals surface area (Å²) in [5.74, 6) is 1.04. The Morgan fingerprint density at radius 3 is 2.83 bits per heavy atom. The minimum Gasteiger partial charge on any atom is -0.373 e. The first-order valence-electron chi connectivity index (χ1n) is 6.63. The minimum atomic E-state index is 0.145. The van der Waals surface area contributed by atoms with E-state index in [1.54, 1.807) is 0 Å². The molecule has 1 fully saturated rings. The molecule has 0 radical (unpaired) electrons.